The van der Waals surface area contributed by atoms with Crippen molar-refractivity contribution in [2.24, 2.45) is 0 Å². The fourth-order valence-electron chi connectivity index (χ4n) is 2.03. The largest absolute Gasteiger partial charge is 0.349 e. The van der Waals surface area contributed by atoms with Gasteiger partial charge in [-0.25, -0.2) is 0 Å². The third-order valence-electron chi connectivity index (χ3n) is 3.12. The van der Waals surface area contributed by atoms with Gasteiger partial charge in [0.25, 0.3) is 0 Å². The Kier molecular flexibility index (Phi) is 14.8. The summed E-state index contributed by atoms with van der Waals surface area (Å²) in [6.45, 7) is 2.28. The van der Waals surface area contributed by atoms with E-state index in [1.807, 2.05) is 7.05 Å². The van der Waals surface area contributed by atoms with Gasteiger partial charge in [-0.3, -0.25) is 0 Å². The van der Waals surface area contributed by atoms with Crippen LogP contribution in [0.15, 0.2) is 0 Å². The van der Waals surface area contributed by atoms with Gasteiger partial charge in [-0.15, -0.1) is 0 Å². The summed E-state index contributed by atoms with van der Waals surface area (Å²) in [5, 5.41) is 2.85. The Hall–Kier alpha value is -0.640. The lowest BCUT2D eigenvalue weighted by molar-refractivity contribution is 0.551. The molecule has 0 saturated heterocycles. The maximum absolute atomic E-state index is 3.10. The van der Waals surface area contributed by atoms with E-state index in [0.29, 0.717) is 0 Å². The third kappa shape index (κ3) is 15.4. The maximum atomic E-state index is 3.10. The summed E-state index contributed by atoms with van der Waals surface area (Å²) in [4.78, 5) is 0. The maximum Gasteiger partial charge on any atom is 0.0116 e. The van der Waals surface area contributed by atoms with Crippen LogP contribution in [0.25, 0.3) is 0 Å². The van der Waals surface area contributed by atoms with Gasteiger partial charge in [0.2, 0.25) is 0 Å². The highest BCUT2D eigenvalue weighted by Crippen LogP contribution is 2.11. The van der Waals surface area contributed by atoms with Gasteiger partial charge in [0.1, 0.15) is 0 Å². The van der Waals surface area contributed by atoms with Crippen molar-refractivity contribution in [2.45, 2.75) is 84.0 Å². The number of unbranched alkanes of at least 4 members (excludes halogenated alkanes) is 11. The number of hydrogen-bond acceptors (Lipinski definition) is 1. The Labute approximate surface area is 109 Å². The molecule has 0 atom stereocenters. The smallest absolute Gasteiger partial charge is 0.0116 e. The molecule has 0 fully saturated rings. The Morgan fingerprint density at radius 2 is 1.18 bits per heavy atom. The van der Waals surface area contributed by atoms with Gasteiger partial charge >= 0.3 is 0 Å². The van der Waals surface area contributed by atoms with Crippen molar-refractivity contribution in [1.29, 1.82) is 0 Å². The second kappa shape index (κ2) is 15.4. The minimum Gasteiger partial charge on any atom is -0.349 e. The van der Waals surface area contributed by atoms with Gasteiger partial charge in [0, 0.05) is 19.5 Å². The van der Waals surface area contributed by atoms with Crippen LogP contribution < -0.4 is 5.32 Å². The highest BCUT2D eigenvalue weighted by Gasteiger charge is 1.92. The molecule has 17 heavy (non-hydrogen) atoms. The summed E-state index contributed by atoms with van der Waals surface area (Å²) < 4.78 is 0. The summed E-state index contributed by atoms with van der Waals surface area (Å²) >= 11 is 0. The summed E-state index contributed by atoms with van der Waals surface area (Å²) in [5.41, 5.74) is 0. The van der Waals surface area contributed by atoms with Gasteiger partial charge in [-0.1, -0.05) is 77.1 Å². The van der Waals surface area contributed by atoms with E-state index >= 15 is 0 Å². The molecule has 1 nitrogen and oxygen atoms in total. The van der Waals surface area contributed by atoms with Crippen molar-refractivity contribution in [2.75, 3.05) is 7.05 Å². The molecule has 0 aromatic heterocycles. The molecule has 0 saturated carbocycles. The molecular weight excluding hydrogens is 206 g/mol. The fourth-order valence-corrected chi connectivity index (χ4v) is 2.03. The summed E-state index contributed by atoms with van der Waals surface area (Å²) in [6.07, 6.45) is 16.5. The second-order valence-corrected chi connectivity index (χ2v) is 4.84. The van der Waals surface area contributed by atoms with Gasteiger partial charge in [-0.05, 0) is 6.42 Å². The Bertz CT molecular complexity index is 187. The molecule has 1 heteroatoms. The van der Waals surface area contributed by atoms with Crippen LogP contribution in [0, 0.1) is 12.0 Å². The predicted molar refractivity (Wildman–Crippen MR) is 77.9 cm³/mol. The average molecular weight is 237 g/mol. The fraction of sp³-hybridized carbons (Fsp3) is 0.875. The van der Waals surface area contributed by atoms with Crippen LogP contribution in [0.2, 0.25) is 0 Å². The lowest BCUT2D eigenvalue weighted by Gasteiger charge is -2.01. The molecule has 0 spiro atoms. The minimum absolute atomic E-state index is 1.05. The molecule has 0 aromatic rings. The molecule has 0 aromatic carbocycles. The van der Waals surface area contributed by atoms with Crippen LogP contribution in [-0.2, 0) is 0 Å². The zero-order chi connectivity index (χ0) is 12.6. The van der Waals surface area contributed by atoms with Crippen molar-refractivity contribution >= 4 is 0 Å². The predicted octanol–water partition coefficient (Wildman–Crippen LogP) is 4.87. The normalized spacial score (nSPS) is 9.76. The topological polar surface area (TPSA) is 12.0 Å². The molecule has 100 valence electrons. The molecule has 0 aliphatic carbocycles. The number of nitrogens with one attached hydrogen (secondary N) is 1. The van der Waals surface area contributed by atoms with Crippen LogP contribution in [0.5, 0.6) is 0 Å². The van der Waals surface area contributed by atoms with E-state index < -0.39 is 0 Å². The SMILES string of the molecule is CCCCCCCCCCCCCC#CNC. The standard InChI is InChI=1S/C16H31N/c1-3-4-5-6-7-8-9-10-11-12-13-14-15-16-17-2/h17H,3-14H2,1-2H3. The lowest BCUT2D eigenvalue weighted by atomic mass is 10.1. The van der Waals surface area contributed by atoms with Crippen LogP contribution >= 0.6 is 0 Å². The minimum atomic E-state index is 1.05. The first-order chi connectivity index (χ1) is 8.41. The van der Waals surface area contributed by atoms with E-state index in [9.17, 15) is 0 Å². The molecule has 0 amide bonds. The second-order valence-electron chi connectivity index (χ2n) is 4.84. The Balaban J connectivity index is 2.94. The first-order valence-electron chi connectivity index (χ1n) is 7.56. The quantitative estimate of drug-likeness (QED) is 0.307. The molecule has 0 aliphatic rings. The van der Waals surface area contributed by atoms with E-state index in [1.54, 1.807) is 0 Å². The monoisotopic (exact) mass is 237 g/mol. The summed E-state index contributed by atoms with van der Waals surface area (Å²) in [7, 11) is 1.87. The van der Waals surface area contributed by atoms with E-state index in [4.69, 9.17) is 0 Å². The van der Waals surface area contributed by atoms with Crippen LogP contribution in [-0.4, -0.2) is 7.05 Å². The van der Waals surface area contributed by atoms with Crippen molar-refractivity contribution in [3.8, 4) is 12.0 Å². The van der Waals surface area contributed by atoms with Crippen molar-refractivity contribution in [3.05, 3.63) is 0 Å². The van der Waals surface area contributed by atoms with Crippen LogP contribution in [0.3, 0.4) is 0 Å². The molecule has 0 radical (unpaired) electrons. The van der Waals surface area contributed by atoms with E-state index in [0.717, 1.165) is 6.42 Å². The molecule has 0 aliphatic heterocycles. The molecule has 0 unspecified atom stereocenters. The lowest BCUT2D eigenvalue weighted by Crippen LogP contribution is -1.91. The first-order valence-corrected chi connectivity index (χ1v) is 7.56. The van der Waals surface area contributed by atoms with Crippen molar-refractivity contribution in [3.63, 3.8) is 0 Å². The van der Waals surface area contributed by atoms with Crippen molar-refractivity contribution in [1.82, 2.24) is 5.32 Å². The van der Waals surface area contributed by atoms with E-state index in [-0.39, 0.29) is 0 Å². The molecule has 1 N–H and O–H groups in total. The zero-order valence-corrected chi connectivity index (χ0v) is 12.0. The number of rotatable bonds is 11. The van der Waals surface area contributed by atoms with Crippen molar-refractivity contribution < 1.29 is 0 Å². The Morgan fingerprint density at radius 1 is 0.706 bits per heavy atom. The summed E-state index contributed by atoms with van der Waals surface area (Å²) in [6, 6.07) is 2.88. The third-order valence-corrected chi connectivity index (χ3v) is 3.12. The zero-order valence-electron chi connectivity index (χ0n) is 12.0. The average Bonchev–Trinajstić information content (AvgIpc) is 2.35. The van der Waals surface area contributed by atoms with Crippen LogP contribution in [0.4, 0.5) is 0 Å². The highest BCUT2D eigenvalue weighted by atomic mass is 14.8. The van der Waals surface area contributed by atoms with Gasteiger partial charge in [0.05, 0.1) is 0 Å². The van der Waals surface area contributed by atoms with E-state index in [2.05, 4.69) is 24.2 Å². The van der Waals surface area contributed by atoms with Crippen LogP contribution in [0.1, 0.15) is 84.0 Å². The Morgan fingerprint density at radius 3 is 1.65 bits per heavy atom. The number of hydrogen-bond donors (Lipinski definition) is 1. The molecule has 0 heterocycles. The van der Waals surface area contributed by atoms with Gasteiger partial charge in [-0.2, -0.15) is 0 Å². The molecule has 0 bridgehead atoms. The highest BCUT2D eigenvalue weighted by molar-refractivity contribution is 4.95. The van der Waals surface area contributed by atoms with Gasteiger partial charge < -0.3 is 5.32 Å². The summed E-state index contributed by atoms with van der Waals surface area (Å²) in [5.74, 6) is 3.10. The van der Waals surface area contributed by atoms with E-state index in [1.165, 1.54) is 70.6 Å². The van der Waals surface area contributed by atoms with Gasteiger partial charge in [0.15, 0.2) is 0 Å². The first kappa shape index (κ1) is 16.4. The molecule has 0 rings (SSSR count). The molecular formula is C16H31N.